The maximum atomic E-state index is 12.3. The third kappa shape index (κ3) is 12.8. The van der Waals surface area contributed by atoms with Crippen molar-refractivity contribution in [2.75, 3.05) is 18.1 Å². The van der Waals surface area contributed by atoms with Gasteiger partial charge in [0.2, 0.25) is 10.0 Å². The Hall–Kier alpha value is -2.27. The van der Waals surface area contributed by atoms with Crippen molar-refractivity contribution in [3.05, 3.63) is 52.2 Å². The van der Waals surface area contributed by atoms with E-state index < -0.39 is 28.1 Å². The second-order valence-corrected chi connectivity index (χ2v) is 11.8. The maximum Gasteiger partial charge on any atom is 0.490 e. The van der Waals surface area contributed by atoms with Crippen LogP contribution in [0.2, 0.25) is 0 Å². The van der Waals surface area contributed by atoms with Crippen molar-refractivity contribution >= 4 is 60.8 Å². The summed E-state index contributed by atoms with van der Waals surface area (Å²) in [5, 5.41) is 20.3. The number of rotatable bonds is 12. The van der Waals surface area contributed by atoms with Gasteiger partial charge in [-0.1, -0.05) is 27.7 Å². The van der Waals surface area contributed by atoms with Gasteiger partial charge in [0, 0.05) is 35.0 Å². The third-order valence-corrected chi connectivity index (χ3v) is 8.34. The highest BCUT2D eigenvalue weighted by Gasteiger charge is 2.38. The summed E-state index contributed by atoms with van der Waals surface area (Å²) in [6.45, 7) is 0.663. The molecule has 0 aliphatic carbocycles. The molecule has 0 bridgehead atoms. The molecule has 1 aromatic carbocycles. The minimum absolute atomic E-state index is 0.103. The van der Waals surface area contributed by atoms with E-state index in [1.54, 1.807) is 0 Å². The van der Waals surface area contributed by atoms with Crippen molar-refractivity contribution in [3.63, 3.8) is 0 Å². The number of aliphatic carboxylic acids is 2. The van der Waals surface area contributed by atoms with Gasteiger partial charge in [0.15, 0.2) is 0 Å². The van der Waals surface area contributed by atoms with Crippen molar-refractivity contribution in [2.45, 2.75) is 24.0 Å². The van der Waals surface area contributed by atoms with Crippen LogP contribution < -0.4 is 10.0 Å². The lowest BCUT2D eigenvalue weighted by atomic mass is 10.2. The van der Waals surface area contributed by atoms with Gasteiger partial charge in [0.25, 0.3) is 5.91 Å². The number of benzene rings is 1. The van der Waals surface area contributed by atoms with Gasteiger partial charge in [-0.15, -0.1) is 11.3 Å². The molecule has 2 aromatic rings. The van der Waals surface area contributed by atoms with Crippen LogP contribution in [0.3, 0.4) is 0 Å². The molecule has 0 aliphatic heterocycles. The minimum Gasteiger partial charge on any atom is -0.481 e. The van der Waals surface area contributed by atoms with Crippen LogP contribution in [0.5, 0.6) is 0 Å². The van der Waals surface area contributed by atoms with E-state index in [1.807, 2.05) is 17.5 Å². The standard InChI is InChI=1S/C17H20N2O5S4.C2HF3O2/c20-16(21)7-10-26-27-11-8-18-17(22)13-3-5-15(6-4-13)28(23,24)19-12-14-2-1-9-25-14;3-2(4,5)1(6)7/h1-6,9,19H,7-8,10-12H2,(H,18,22)(H,20,21);(H,6,7). The number of hydrogen-bond acceptors (Lipinski definition) is 8. The predicted octanol–water partition coefficient (Wildman–Crippen LogP) is 3.45. The zero-order valence-electron chi connectivity index (χ0n) is 17.8. The number of carboxylic acids is 2. The fourth-order valence-electron chi connectivity index (χ4n) is 2.00. The molecule has 0 radical (unpaired) electrons. The molecule has 35 heavy (non-hydrogen) atoms. The first-order valence-electron chi connectivity index (χ1n) is 9.49. The van der Waals surface area contributed by atoms with Gasteiger partial charge in [-0.2, -0.15) is 13.2 Å². The molecule has 1 heterocycles. The number of amides is 1. The molecule has 0 spiro atoms. The molecular weight excluding hydrogens is 553 g/mol. The molecule has 9 nitrogen and oxygen atoms in total. The van der Waals surface area contributed by atoms with Crippen LogP contribution in [0.1, 0.15) is 21.7 Å². The average molecular weight is 575 g/mol. The van der Waals surface area contributed by atoms with E-state index in [9.17, 15) is 31.2 Å². The summed E-state index contributed by atoms with van der Waals surface area (Å²) in [6.07, 6.45) is -4.97. The van der Waals surface area contributed by atoms with E-state index in [4.69, 9.17) is 15.0 Å². The van der Waals surface area contributed by atoms with Crippen LogP contribution in [-0.2, 0) is 26.2 Å². The Labute approximate surface area is 210 Å². The molecule has 2 rings (SSSR count). The highest BCUT2D eigenvalue weighted by Crippen LogP contribution is 2.21. The molecule has 0 saturated heterocycles. The van der Waals surface area contributed by atoms with Gasteiger partial charge >= 0.3 is 18.1 Å². The first kappa shape index (κ1) is 30.8. The number of carbonyl (C=O) groups is 3. The van der Waals surface area contributed by atoms with Crippen molar-refractivity contribution < 1.29 is 46.2 Å². The third-order valence-electron chi connectivity index (χ3n) is 3.64. The van der Waals surface area contributed by atoms with Gasteiger partial charge in [-0.3, -0.25) is 9.59 Å². The van der Waals surface area contributed by atoms with Crippen LogP contribution >= 0.6 is 32.9 Å². The van der Waals surface area contributed by atoms with Crippen LogP contribution in [0.25, 0.3) is 0 Å². The summed E-state index contributed by atoms with van der Waals surface area (Å²) in [4.78, 5) is 32.4. The first-order valence-corrected chi connectivity index (χ1v) is 14.3. The van der Waals surface area contributed by atoms with Crippen molar-refractivity contribution in [1.82, 2.24) is 10.0 Å². The topological polar surface area (TPSA) is 150 Å². The lowest BCUT2D eigenvalue weighted by Gasteiger charge is -2.08. The Morgan fingerprint density at radius 3 is 2.11 bits per heavy atom. The van der Waals surface area contributed by atoms with Crippen molar-refractivity contribution in [3.8, 4) is 0 Å². The average Bonchev–Trinajstić information content (AvgIpc) is 3.30. The smallest absolute Gasteiger partial charge is 0.481 e. The number of thiophene rings is 1. The second kappa shape index (κ2) is 15.0. The van der Waals surface area contributed by atoms with Crippen molar-refractivity contribution in [1.29, 1.82) is 0 Å². The number of carboxylic acid groups (broad SMARTS) is 2. The second-order valence-electron chi connectivity index (χ2n) is 6.27. The fraction of sp³-hybridized carbons (Fsp3) is 0.316. The van der Waals surface area contributed by atoms with Gasteiger partial charge in [0.05, 0.1) is 11.3 Å². The van der Waals surface area contributed by atoms with Gasteiger partial charge in [0.1, 0.15) is 0 Å². The van der Waals surface area contributed by atoms with Gasteiger partial charge in [-0.05, 0) is 35.7 Å². The molecule has 0 aliphatic rings. The summed E-state index contributed by atoms with van der Waals surface area (Å²) in [5.41, 5.74) is 0.376. The summed E-state index contributed by atoms with van der Waals surface area (Å²) in [7, 11) is -0.694. The van der Waals surface area contributed by atoms with E-state index >= 15 is 0 Å². The van der Waals surface area contributed by atoms with E-state index in [1.165, 1.54) is 57.2 Å². The molecule has 0 saturated carbocycles. The molecule has 194 valence electrons. The summed E-state index contributed by atoms with van der Waals surface area (Å²) >= 11 is 1.47. The SMILES string of the molecule is O=C(O)C(F)(F)F.O=C(O)CCSSCCNC(=O)c1ccc(S(=O)(=O)NCc2cccs2)cc1. The summed E-state index contributed by atoms with van der Waals surface area (Å²) in [6, 6.07) is 9.47. The molecule has 16 heteroatoms. The van der Waals surface area contributed by atoms with Crippen LogP contribution in [0.4, 0.5) is 13.2 Å². The zero-order chi connectivity index (χ0) is 26.5. The van der Waals surface area contributed by atoms with Crippen LogP contribution in [-0.4, -0.2) is 60.7 Å². The molecule has 0 unspecified atom stereocenters. The van der Waals surface area contributed by atoms with E-state index in [0.29, 0.717) is 23.6 Å². The largest absolute Gasteiger partial charge is 0.490 e. The molecule has 4 N–H and O–H groups in total. The lowest BCUT2D eigenvalue weighted by Crippen LogP contribution is -2.26. The molecule has 0 atom stereocenters. The normalized spacial score (nSPS) is 11.3. The monoisotopic (exact) mass is 574 g/mol. The number of alkyl halides is 3. The number of nitrogens with one attached hydrogen (secondary N) is 2. The summed E-state index contributed by atoms with van der Waals surface area (Å²) < 4.78 is 58.9. The van der Waals surface area contributed by atoms with E-state index in [-0.39, 0.29) is 23.8 Å². The first-order chi connectivity index (χ1) is 16.3. The zero-order valence-corrected chi connectivity index (χ0v) is 21.0. The maximum absolute atomic E-state index is 12.3. The lowest BCUT2D eigenvalue weighted by molar-refractivity contribution is -0.192. The number of hydrogen-bond donors (Lipinski definition) is 4. The Balaban J connectivity index is 0.000000762. The van der Waals surface area contributed by atoms with Crippen molar-refractivity contribution in [2.24, 2.45) is 0 Å². The summed E-state index contributed by atoms with van der Waals surface area (Å²) in [5.74, 6) is -2.70. The Kier molecular flexibility index (Phi) is 13.2. The molecule has 1 aromatic heterocycles. The molecule has 1 amide bonds. The van der Waals surface area contributed by atoms with Crippen LogP contribution in [0.15, 0.2) is 46.7 Å². The van der Waals surface area contributed by atoms with Gasteiger partial charge < -0.3 is 15.5 Å². The quantitative estimate of drug-likeness (QED) is 0.221. The van der Waals surface area contributed by atoms with E-state index in [2.05, 4.69) is 10.0 Å². The predicted molar refractivity (Wildman–Crippen MR) is 128 cm³/mol. The Morgan fingerprint density at radius 2 is 1.60 bits per heavy atom. The minimum atomic E-state index is -5.08. The number of carbonyl (C=O) groups excluding carboxylic acids is 1. The van der Waals surface area contributed by atoms with E-state index in [0.717, 1.165) is 4.88 Å². The number of sulfonamides is 1. The van der Waals surface area contributed by atoms with Gasteiger partial charge in [-0.25, -0.2) is 17.9 Å². The Bertz CT molecular complexity index is 1060. The Morgan fingerprint density at radius 1 is 1.00 bits per heavy atom. The fourth-order valence-corrected chi connectivity index (χ4v) is 5.63. The molecular formula is C19H21F3N2O7S4. The highest BCUT2D eigenvalue weighted by atomic mass is 33.1. The molecule has 0 fully saturated rings. The van der Waals surface area contributed by atoms with Crippen LogP contribution in [0, 0.1) is 0 Å². The number of halogens is 3. The highest BCUT2D eigenvalue weighted by molar-refractivity contribution is 8.76.